The van der Waals surface area contributed by atoms with E-state index in [0.717, 1.165) is 35.6 Å². The monoisotopic (exact) mass is 216 g/mol. The average Bonchev–Trinajstić information content (AvgIpc) is 2.06. The van der Waals surface area contributed by atoms with Crippen molar-refractivity contribution in [3.05, 3.63) is 22.1 Å². The number of hydrogen-bond donors (Lipinski definition) is 2. The van der Waals surface area contributed by atoms with Crippen molar-refractivity contribution < 1.29 is 4.74 Å². The zero-order chi connectivity index (χ0) is 7.68. The molecular weight excluding hydrogens is 208 g/mol. The predicted molar refractivity (Wildman–Crippen MR) is 46.0 cm³/mol. The van der Waals surface area contributed by atoms with Gasteiger partial charge in [0.15, 0.2) is 0 Å². The standard InChI is InChI=1S/C7H9BrN2O/c8-5-3-9-4-6-7(5)10-1-2-11-6/h3,9-10H,1-2,4H2. The smallest absolute Gasteiger partial charge is 0.139 e. The van der Waals surface area contributed by atoms with E-state index in [1.807, 2.05) is 6.20 Å². The molecule has 0 radical (unpaired) electrons. The third-order valence-corrected chi connectivity index (χ3v) is 2.31. The van der Waals surface area contributed by atoms with Crippen LogP contribution in [0.2, 0.25) is 0 Å². The quantitative estimate of drug-likeness (QED) is 0.625. The first kappa shape index (κ1) is 7.03. The molecule has 0 amide bonds. The summed E-state index contributed by atoms with van der Waals surface area (Å²) in [5, 5.41) is 6.37. The van der Waals surface area contributed by atoms with Crippen LogP contribution in [0.5, 0.6) is 0 Å². The van der Waals surface area contributed by atoms with Crippen molar-refractivity contribution in [2.75, 3.05) is 19.7 Å². The highest BCUT2D eigenvalue weighted by Gasteiger charge is 2.18. The molecule has 4 heteroatoms. The summed E-state index contributed by atoms with van der Waals surface area (Å²) < 4.78 is 6.48. The second kappa shape index (κ2) is 2.77. The molecule has 0 unspecified atom stereocenters. The molecule has 0 spiro atoms. The van der Waals surface area contributed by atoms with E-state index in [0.29, 0.717) is 0 Å². The van der Waals surface area contributed by atoms with E-state index in [1.54, 1.807) is 0 Å². The first-order valence-corrected chi connectivity index (χ1v) is 4.36. The number of ether oxygens (including phenoxy) is 1. The van der Waals surface area contributed by atoms with Crippen LogP contribution in [0.4, 0.5) is 0 Å². The normalized spacial score (nSPS) is 22.5. The van der Waals surface area contributed by atoms with E-state index in [9.17, 15) is 0 Å². The van der Waals surface area contributed by atoms with E-state index in [4.69, 9.17) is 4.74 Å². The van der Waals surface area contributed by atoms with Gasteiger partial charge in [-0.2, -0.15) is 0 Å². The highest BCUT2D eigenvalue weighted by Crippen LogP contribution is 2.22. The molecule has 0 bridgehead atoms. The number of nitrogens with one attached hydrogen (secondary N) is 2. The molecule has 0 aromatic heterocycles. The summed E-state index contributed by atoms with van der Waals surface area (Å²) in [6, 6.07) is 0. The van der Waals surface area contributed by atoms with Gasteiger partial charge >= 0.3 is 0 Å². The molecule has 0 aliphatic carbocycles. The minimum Gasteiger partial charge on any atom is -0.492 e. The van der Waals surface area contributed by atoms with Crippen LogP contribution in [-0.2, 0) is 4.74 Å². The van der Waals surface area contributed by atoms with Gasteiger partial charge in [-0.15, -0.1) is 0 Å². The molecule has 0 aromatic rings. The van der Waals surface area contributed by atoms with Gasteiger partial charge in [0.05, 0.1) is 16.7 Å². The first-order chi connectivity index (χ1) is 5.38. The van der Waals surface area contributed by atoms with Crippen LogP contribution in [0, 0.1) is 0 Å². The van der Waals surface area contributed by atoms with Gasteiger partial charge in [0.2, 0.25) is 0 Å². The van der Waals surface area contributed by atoms with Crippen LogP contribution in [0.15, 0.2) is 22.1 Å². The molecule has 0 saturated heterocycles. The molecule has 11 heavy (non-hydrogen) atoms. The van der Waals surface area contributed by atoms with Crippen molar-refractivity contribution in [1.82, 2.24) is 10.6 Å². The van der Waals surface area contributed by atoms with E-state index in [2.05, 4.69) is 26.6 Å². The van der Waals surface area contributed by atoms with Gasteiger partial charge in [-0.25, -0.2) is 0 Å². The van der Waals surface area contributed by atoms with Crippen molar-refractivity contribution in [3.63, 3.8) is 0 Å². The van der Waals surface area contributed by atoms with Crippen LogP contribution in [-0.4, -0.2) is 19.7 Å². The van der Waals surface area contributed by atoms with E-state index >= 15 is 0 Å². The SMILES string of the molecule is BrC1=CNCC2=C1NCCO2. The maximum Gasteiger partial charge on any atom is 0.139 e. The summed E-state index contributed by atoms with van der Waals surface area (Å²) in [7, 11) is 0. The van der Waals surface area contributed by atoms with Crippen molar-refractivity contribution in [3.8, 4) is 0 Å². The molecule has 2 rings (SSSR count). The molecule has 3 nitrogen and oxygen atoms in total. The van der Waals surface area contributed by atoms with Crippen molar-refractivity contribution in [1.29, 1.82) is 0 Å². The van der Waals surface area contributed by atoms with E-state index in [1.165, 1.54) is 0 Å². The van der Waals surface area contributed by atoms with Crippen LogP contribution in [0.3, 0.4) is 0 Å². The molecule has 0 fully saturated rings. The number of hydrogen-bond acceptors (Lipinski definition) is 3. The third kappa shape index (κ3) is 1.22. The Labute approximate surface area is 73.6 Å². The van der Waals surface area contributed by atoms with Crippen molar-refractivity contribution in [2.24, 2.45) is 0 Å². The van der Waals surface area contributed by atoms with E-state index in [-0.39, 0.29) is 0 Å². The van der Waals surface area contributed by atoms with Crippen LogP contribution in [0.1, 0.15) is 0 Å². The predicted octanol–water partition coefficient (Wildman–Crippen LogP) is 0.657. The number of halogens is 1. The summed E-state index contributed by atoms with van der Waals surface area (Å²) >= 11 is 3.43. The van der Waals surface area contributed by atoms with Gasteiger partial charge in [-0.05, 0) is 15.9 Å². The molecule has 0 atom stereocenters. The van der Waals surface area contributed by atoms with Crippen LogP contribution in [0.25, 0.3) is 0 Å². The summed E-state index contributed by atoms with van der Waals surface area (Å²) in [6.45, 7) is 2.44. The van der Waals surface area contributed by atoms with Crippen molar-refractivity contribution in [2.45, 2.75) is 0 Å². The summed E-state index contributed by atoms with van der Waals surface area (Å²) in [5.74, 6) is 1.01. The molecule has 0 saturated carbocycles. The van der Waals surface area contributed by atoms with Crippen molar-refractivity contribution >= 4 is 15.9 Å². The maximum atomic E-state index is 5.44. The van der Waals surface area contributed by atoms with Gasteiger partial charge in [-0.3, -0.25) is 0 Å². The molecule has 60 valence electrons. The number of allylic oxidation sites excluding steroid dienone is 1. The second-order valence-electron chi connectivity index (χ2n) is 2.45. The van der Waals surface area contributed by atoms with Crippen LogP contribution < -0.4 is 10.6 Å². The average molecular weight is 217 g/mol. The Morgan fingerprint density at radius 3 is 3.27 bits per heavy atom. The van der Waals surface area contributed by atoms with E-state index < -0.39 is 0 Å². The lowest BCUT2D eigenvalue weighted by molar-refractivity contribution is 0.186. The molecule has 2 N–H and O–H groups in total. The summed E-state index contributed by atoms with van der Waals surface area (Å²) in [6.07, 6.45) is 1.93. The number of rotatable bonds is 0. The van der Waals surface area contributed by atoms with Gasteiger partial charge in [0.1, 0.15) is 12.4 Å². The van der Waals surface area contributed by atoms with Gasteiger partial charge in [0.25, 0.3) is 0 Å². The second-order valence-corrected chi connectivity index (χ2v) is 3.30. The maximum absolute atomic E-state index is 5.44. The Hall–Kier alpha value is -0.640. The molecule has 2 aliphatic rings. The minimum atomic E-state index is 0.765. The first-order valence-electron chi connectivity index (χ1n) is 3.57. The Morgan fingerprint density at radius 1 is 1.55 bits per heavy atom. The lowest BCUT2D eigenvalue weighted by Crippen LogP contribution is -2.33. The fraction of sp³-hybridized carbons (Fsp3) is 0.429. The van der Waals surface area contributed by atoms with Gasteiger partial charge in [-0.1, -0.05) is 0 Å². The molecular formula is C7H9BrN2O. The number of dihydropyridines is 1. The lowest BCUT2D eigenvalue weighted by atomic mass is 10.2. The lowest BCUT2D eigenvalue weighted by Gasteiger charge is -2.25. The molecule has 0 aromatic carbocycles. The molecule has 2 heterocycles. The zero-order valence-corrected chi connectivity index (χ0v) is 7.57. The minimum absolute atomic E-state index is 0.765. The highest BCUT2D eigenvalue weighted by molar-refractivity contribution is 9.12. The Bertz CT molecular complexity index is 235. The Morgan fingerprint density at radius 2 is 2.45 bits per heavy atom. The Balaban J connectivity index is 2.29. The zero-order valence-electron chi connectivity index (χ0n) is 5.98. The third-order valence-electron chi connectivity index (χ3n) is 1.69. The fourth-order valence-electron chi connectivity index (χ4n) is 1.18. The summed E-state index contributed by atoms with van der Waals surface area (Å²) in [5.41, 5.74) is 1.09. The van der Waals surface area contributed by atoms with Gasteiger partial charge < -0.3 is 15.4 Å². The topological polar surface area (TPSA) is 33.3 Å². The fourth-order valence-corrected chi connectivity index (χ4v) is 1.71. The van der Waals surface area contributed by atoms with Crippen LogP contribution >= 0.6 is 15.9 Å². The molecule has 2 aliphatic heterocycles. The summed E-state index contributed by atoms with van der Waals surface area (Å²) in [4.78, 5) is 0. The highest BCUT2D eigenvalue weighted by atomic mass is 79.9. The largest absolute Gasteiger partial charge is 0.492 e. The van der Waals surface area contributed by atoms with Gasteiger partial charge in [0, 0.05) is 12.7 Å². The Kier molecular flexibility index (Phi) is 1.77.